The van der Waals surface area contributed by atoms with Crippen molar-refractivity contribution in [3.63, 3.8) is 0 Å². The largest absolute Gasteiger partial charge is 0.493 e. The molecule has 2 N–H and O–H groups in total. The van der Waals surface area contributed by atoms with Crippen molar-refractivity contribution < 1.29 is 9.53 Å². The van der Waals surface area contributed by atoms with Gasteiger partial charge >= 0.3 is 0 Å². The number of carbonyl (C=O) groups excluding carboxylic acids is 1. The van der Waals surface area contributed by atoms with Crippen LogP contribution in [0.25, 0.3) is 0 Å². The second-order valence-corrected chi connectivity index (χ2v) is 4.27. The zero-order chi connectivity index (χ0) is 11.6. The monoisotopic (exact) mass is 219 g/mol. The highest BCUT2D eigenvalue weighted by Gasteiger charge is 2.41. The van der Waals surface area contributed by atoms with Crippen molar-refractivity contribution in [3.8, 4) is 5.75 Å². The maximum absolute atomic E-state index is 12.2. The van der Waals surface area contributed by atoms with Crippen molar-refractivity contribution in [2.45, 2.75) is 31.7 Å². The zero-order valence-electron chi connectivity index (χ0n) is 9.53. The summed E-state index contributed by atoms with van der Waals surface area (Å²) in [6, 6.07) is 7.32. The number of hydrogen-bond donors (Lipinski definition) is 1. The van der Waals surface area contributed by atoms with Gasteiger partial charge in [-0.1, -0.05) is 12.1 Å². The van der Waals surface area contributed by atoms with E-state index in [-0.39, 0.29) is 5.78 Å². The van der Waals surface area contributed by atoms with Crippen LogP contribution in [0.3, 0.4) is 0 Å². The van der Waals surface area contributed by atoms with E-state index in [9.17, 15) is 4.79 Å². The molecule has 1 aromatic rings. The number of nitrogens with two attached hydrogens (primary N) is 1. The first-order valence-electron chi connectivity index (χ1n) is 5.73. The second-order valence-electron chi connectivity index (χ2n) is 4.27. The lowest BCUT2D eigenvalue weighted by Gasteiger charge is -2.36. The van der Waals surface area contributed by atoms with Crippen molar-refractivity contribution in [2.24, 2.45) is 5.73 Å². The van der Waals surface area contributed by atoms with Gasteiger partial charge in [0, 0.05) is 0 Å². The Bertz CT molecular complexity index is 397. The number of benzene rings is 1. The molecule has 3 nitrogen and oxygen atoms in total. The molecule has 0 amide bonds. The van der Waals surface area contributed by atoms with Crippen molar-refractivity contribution in [3.05, 3.63) is 29.8 Å². The van der Waals surface area contributed by atoms with Gasteiger partial charge in [0.05, 0.1) is 17.7 Å². The average Bonchev–Trinajstić information content (AvgIpc) is 2.26. The number of hydrogen-bond acceptors (Lipinski definition) is 3. The number of carbonyl (C=O) groups is 1. The van der Waals surface area contributed by atoms with Gasteiger partial charge in [0.1, 0.15) is 5.75 Å². The van der Waals surface area contributed by atoms with Crippen LogP contribution < -0.4 is 10.5 Å². The molecule has 0 aliphatic heterocycles. The quantitative estimate of drug-likeness (QED) is 0.789. The Morgan fingerprint density at radius 2 is 2.12 bits per heavy atom. The van der Waals surface area contributed by atoms with Gasteiger partial charge < -0.3 is 10.5 Å². The van der Waals surface area contributed by atoms with Crippen LogP contribution in [0.15, 0.2) is 24.3 Å². The van der Waals surface area contributed by atoms with E-state index in [0.717, 1.165) is 19.3 Å². The zero-order valence-corrected chi connectivity index (χ0v) is 9.53. The number of para-hydroxylation sites is 1. The minimum absolute atomic E-state index is 0.0165. The molecule has 0 bridgehead atoms. The molecular weight excluding hydrogens is 202 g/mol. The summed E-state index contributed by atoms with van der Waals surface area (Å²) < 4.78 is 5.45. The van der Waals surface area contributed by atoms with Gasteiger partial charge in [-0.2, -0.15) is 0 Å². The Kier molecular flexibility index (Phi) is 2.97. The summed E-state index contributed by atoms with van der Waals surface area (Å²) in [6.45, 7) is 2.46. The van der Waals surface area contributed by atoms with Gasteiger partial charge in [0.15, 0.2) is 5.78 Å². The number of rotatable bonds is 4. The maximum atomic E-state index is 12.2. The first-order chi connectivity index (χ1) is 7.67. The summed E-state index contributed by atoms with van der Waals surface area (Å²) in [4.78, 5) is 12.2. The second kappa shape index (κ2) is 4.26. The van der Waals surface area contributed by atoms with E-state index in [1.54, 1.807) is 6.07 Å². The molecule has 0 radical (unpaired) electrons. The third kappa shape index (κ3) is 1.83. The van der Waals surface area contributed by atoms with Crippen LogP contribution in [0.2, 0.25) is 0 Å². The van der Waals surface area contributed by atoms with Crippen molar-refractivity contribution in [1.82, 2.24) is 0 Å². The molecule has 0 saturated heterocycles. The SMILES string of the molecule is CCOc1ccccc1C(=O)C1(N)CCC1. The van der Waals surface area contributed by atoms with Crippen LogP contribution in [-0.2, 0) is 0 Å². The van der Waals surface area contributed by atoms with Gasteiger partial charge in [0.25, 0.3) is 0 Å². The minimum Gasteiger partial charge on any atom is -0.493 e. The van der Waals surface area contributed by atoms with Crippen molar-refractivity contribution in [1.29, 1.82) is 0 Å². The lowest BCUT2D eigenvalue weighted by Crippen LogP contribution is -2.53. The predicted molar refractivity (Wildman–Crippen MR) is 62.7 cm³/mol. The van der Waals surface area contributed by atoms with Gasteiger partial charge in [0.2, 0.25) is 0 Å². The molecule has 0 atom stereocenters. The average molecular weight is 219 g/mol. The highest BCUT2D eigenvalue weighted by atomic mass is 16.5. The summed E-state index contributed by atoms with van der Waals surface area (Å²) in [5.41, 5.74) is 6.01. The lowest BCUT2D eigenvalue weighted by molar-refractivity contribution is 0.0796. The lowest BCUT2D eigenvalue weighted by atomic mass is 9.72. The Morgan fingerprint density at radius 1 is 1.44 bits per heavy atom. The molecule has 3 heteroatoms. The van der Waals surface area contributed by atoms with E-state index in [1.807, 2.05) is 25.1 Å². The van der Waals surface area contributed by atoms with Crippen LogP contribution in [0.1, 0.15) is 36.5 Å². The highest BCUT2D eigenvalue weighted by Crippen LogP contribution is 2.34. The molecule has 0 spiro atoms. The highest BCUT2D eigenvalue weighted by molar-refractivity contribution is 6.05. The third-order valence-electron chi connectivity index (χ3n) is 3.13. The maximum Gasteiger partial charge on any atom is 0.186 e. The Labute approximate surface area is 95.6 Å². The summed E-state index contributed by atoms with van der Waals surface area (Å²) in [6.07, 6.45) is 2.61. The van der Waals surface area contributed by atoms with Crippen LogP contribution in [0.5, 0.6) is 5.75 Å². The molecule has 2 rings (SSSR count). The molecule has 86 valence electrons. The fourth-order valence-electron chi connectivity index (χ4n) is 1.99. The standard InChI is InChI=1S/C13H17NO2/c1-2-16-11-7-4-3-6-10(11)12(15)13(14)8-5-9-13/h3-4,6-7H,2,5,8-9,14H2,1H3. The molecule has 0 aromatic heterocycles. The number of Topliss-reactive ketones (excluding diaryl/α,β-unsaturated/α-hetero) is 1. The van der Waals surface area contributed by atoms with E-state index in [2.05, 4.69) is 0 Å². The normalized spacial score (nSPS) is 17.6. The fourth-order valence-corrected chi connectivity index (χ4v) is 1.99. The molecule has 1 fully saturated rings. The predicted octanol–water partition coefficient (Wildman–Crippen LogP) is 2.15. The Hall–Kier alpha value is -1.35. The first kappa shape index (κ1) is 11.1. The molecule has 16 heavy (non-hydrogen) atoms. The van der Waals surface area contributed by atoms with Gasteiger partial charge in [-0.25, -0.2) is 0 Å². The number of ether oxygens (including phenoxy) is 1. The van der Waals surface area contributed by atoms with E-state index in [0.29, 0.717) is 17.9 Å². The molecule has 0 unspecified atom stereocenters. The summed E-state index contributed by atoms with van der Waals surface area (Å²) in [5, 5.41) is 0. The third-order valence-corrected chi connectivity index (χ3v) is 3.13. The van der Waals surface area contributed by atoms with E-state index in [4.69, 9.17) is 10.5 Å². The van der Waals surface area contributed by atoms with Gasteiger partial charge in [-0.3, -0.25) is 4.79 Å². The molecule has 1 aliphatic carbocycles. The topological polar surface area (TPSA) is 52.3 Å². The number of ketones is 1. The van der Waals surface area contributed by atoms with Gasteiger partial charge in [-0.05, 0) is 38.3 Å². The summed E-state index contributed by atoms with van der Waals surface area (Å²) >= 11 is 0. The molecular formula is C13H17NO2. The summed E-state index contributed by atoms with van der Waals surface area (Å²) in [5.74, 6) is 0.662. The Balaban J connectivity index is 2.28. The van der Waals surface area contributed by atoms with E-state index >= 15 is 0 Å². The fraction of sp³-hybridized carbons (Fsp3) is 0.462. The smallest absolute Gasteiger partial charge is 0.186 e. The van der Waals surface area contributed by atoms with Crippen LogP contribution in [0.4, 0.5) is 0 Å². The minimum atomic E-state index is -0.646. The molecule has 1 aliphatic rings. The van der Waals surface area contributed by atoms with Gasteiger partial charge in [-0.15, -0.1) is 0 Å². The van der Waals surface area contributed by atoms with E-state index < -0.39 is 5.54 Å². The van der Waals surface area contributed by atoms with Crippen LogP contribution >= 0.6 is 0 Å². The summed E-state index contributed by atoms with van der Waals surface area (Å²) in [7, 11) is 0. The first-order valence-corrected chi connectivity index (χ1v) is 5.73. The van der Waals surface area contributed by atoms with Crippen molar-refractivity contribution in [2.75, 3.05) is 6.61 Å². The van der Waals surface area contributed by atoms with Crippen LogP contribution in [0, 0.1) is 0 Å². The molecule has 1 saturated carbocycles. The Morgan fingerprint density at radius 3 is 2.69 bits per heavy atom. The molecule has 0 heterocycles. The van der Waals surface area contributed by atoms with E-state index in [1.165, 1.54) is 0 Å². The molecule has 1 aromatic carbocycles. The van der Waals surface area contributed by atoms with Crippen LogP contribution in [-0.4, -0.2) is 17.9 Å². The van der Waals surface area contributed by atoms with Crippen molar-refractivity contribution >= 4 is 5.78 Å².